The number of ether oxygens (including phenoxy) is 1. The molecule has 2 aromatic carbocycles. The van der Waals surface area contributed by atoms with Crippen molar-refractivity contribution in [2.75, 3.05) is 13.1 Å². The number of hydrogen-bond acceptors (Lipinski definition) is 7. The zero-order valence-corrected chi connectivity index (χ0v) is 20.2. The zero-order chi connectivity index (χ0) is 26.6. The molecule has 0 bridgehead atoms. The molecule has 1 unspecified atom stereocenters. The van der Waals surface area contributed by atoms with Gasteiger partial charge in [0.15, 0.2) is 11.8 Å². The number of piperidine rings is 1. The number of allylic oxidation sites excluding steroid dienone is 1. The third kappa shape index (κ3) is 5.78. The highest BCUT2D eigenvalue weighted by atomic mass is 32.2. The Morgan fingerprint density at radius 1 is 1.14 bits per heavy atom. The first-order valence-corrected chi connectivity index (χ1v) is 12.8. The smallest absolute Gasteiger partial charge is 0.352 e. The standard InChI is InChI=1S/C24H24F4N4O4S/c25-22(26)20-14-18(6-7-21(20)37(34,35)24(27,28)16-8-11-29-12-9-16)32-15-17(10-13-30-32)31-23(33)36-19-4-2-1-3-5-19/h1-7,10,13-16,22,29-30H,8-9,11-12H2,(H,31,33). The third-order valence-corrected chi connectivity index (χ3v) is 7.97. The van der Waals surface area contributed by atoms with Crippen molar-refractivity contribution in [1.82, 2.24) is 10.7 Å². The largest absolute Gasteiger partial charge is 0.566 e. The number of halogens is 4. The Bertz CT molecular complexity index is 1310. The molecule has 0 spiro atoms. The van der Waals surface area contributed by atoms with Crippen molar-refractivity contribution in [3.05, 3.63) is 78.3 Å². The van der Waals surface area contributed by atoms with E-state index < -0.39 is 44.0 Å². The van der Waals surface area contributed by atoms with E-state index in [1.165, 1.54) is 18.5 Å². The highest BCUT2D eigenvalue weighted by molar-refractivity contribution is 7.92. The molecule has 37 heavy (non-hydrogen) atoms. The van der Waals surface area contributed by atoms with Crippen LogP contribution in [0.25, 0.3) is 0 Å². The molecule has 1 fully saturated rings. The minimum atomic E-state index is -5.40. The summed E-state index contributed by atoms with van der Waals surface area (Å²) in [4.78, 5) is 2.70. The average Bonchev–Trinajstić information content (AvgIpc) is 2.89. The van der Waals surface area contributed by atoms with Crippen LogP contribution in [0.15, 0.2) is 82.6 Å². The number of nitrogens with zero attached hydrogens (tertiary/aromatic N) is 1. The molecule has 0 aromatic heterocycles. The van der Waals surface area contributed by atoms with Crippen molar-refractivity contribution < 1.29 is 40.8 Å². The van der Waals surface area contributed by atoms with Crippen LogP contribution < -0.4 is 25.6 Å². The van der Waals surface area contributed by atoms with Gasteiger partial charge in [0, 0.05) is 29.4 Å². The maximum atomic E-state index is 15.0. The van der Waals surface area contributed by atoms with Gasteiger partial charge in [-0.15, -0.1) is 0 Å². The summed E-state index contributed by atoms with van der Waals surface area (Å²) >= 11 is 0. The Kier molecular flexibility index (Phi) is 7.85. The molecule has 4 rings (SSSR count). The molecule has 1 atom stereocenters. The topological polar surface area (TPSA) is 107 Å². The van der Waals surface area contributed by atoms with Gasteiger partial charge >= 0.3 is 5.25 Å². The first-order valence-electron chi connectivity index (χ1n) is 11.4. The van der Waals surface area contributed by atoms with Gasteiger partial charge in [-0.2, -0.15) is 13.8 Å². The van der Waals surface area contributed by atoms with Crippen molar-refractivity contribution in [3.8, 4) is 5.75 Å². The minimum Gasteiger partial charge on any atom is -0.566 e. The second-order valence-electron chi connectivity index (χ2n) is 8.40. The van der Waals surface area contributed by atoms with Gasteiger partial charge < -0.3 is 15.2 Å². The van der Waals surface area contributed by atoms with Crippen LogP contribution in [0.3, 0.4) is 0 Å². The van der Waals surface area contributed by atoms with Gasteiger partial charge in [0.25, 0.3) is 6.43 Å². The number of nitrogens with one attached hydrogen (secondary N) is 3. The lowest BCUT2D eigenvalue weighted by atomic mass is 9.99. The Balaban J connectivity index is 1.61. The Morgan fingerprint density at radius 3 is 2.51 bits per heavy atom. The van der Waals surface area contributed by atoms with Crippen LogP contribution in [0.1, 0.15) is 24.8 Å². The number of quaternary nitrogens is 1. The summed E-state index contributed by atoms with van der Waals surface area (Å²) in [5.41, 5.74) is 1.97. The summed E-state index contributed by atoms with van der Waals surface area (Å²) < 4.78 is 88.8. The summed E-state index contributed by atoms with van der Waals surface area (Å²) in [6.07, 6.45) is -0.252. The average molecular weight is 541 g/mol. The molecule has 0 saturated carbocycles. The van der Waals surface area contributed by atoms with Crippen molar-refractivity contribution in [2.24, 2.45) is 10.9 Å². The van der Waals surface area contributed by atoms with Gasteiger partial charge in [0.2, 0.25) is 9.84 Å². The van der Waals surface area contributed by atoms with Crippen molar-refractivity contribution in [1.29, 1.82) is 0 Å². The normalized spacial score (nSPS) is 19.4. The van der Waals surface area contributed by atoms with Gasteiger partial charge in [-0.05, 0) is 50.2 Å². The Morgan fingerprint density at radius 2 is 1.84 bits per heavy atom. The van der Waals surface area contributed by atoms with Crippen LogP contribution in [0.5, 0.6) is 5.75 Å². The molecule has 0 radical (unpaired) electrons. The molecule has 1 saturated heterocycles. The van der Waals surface area contributed by atoms with Gasteiger partial charge in [-0.3, -0.25) is 0 Å². The maximum absolute atomic E-state index is 15.0. The van der Waals surface area contributed by atoms with E-state index in [0.29, 0.717) is 0 Å². The minimum absolute atomic E-state index is 0.0907. The SMILES string of the molecule is O=S(=O)(c1ccc([NH+]2C=C(N=C([O-])Oc3ccccc3)C=CN2)cc1C(F)F)C(F)(F)C1CCNCC1. The number of sulfone groups is 1. The monoisotopic (exact) mass is 540 g/mol. The highest BCUT2D eigenvalue weighted by Crippen LogP contribution is 2.42. The molecule has 2 aliphatic rings. The zero-order valence-electron chi connectivity index (χ0n) is 19.3. The molecular formula is C24H24F4N4O4S. The predicted octanol–water partition coefficient (Wildman–Crippen LogP) is 2.18. The van der Waals surface area contributed by atoms with Gasteiger partial charge in [-0.25, -0.2) is 27.6 Å². The van der Waals surface area contributed by atoms with E-state index >= 15 is 8.78 Å². The van der Waals surface area contributed by atoms with Crippen molar-refractivity contribution in [3.63, 3.8) is 0 Å². The first-order chi connectivity index (χ1) is 17.6. The fraction of sp³-hybridized carbons (Fsp3) is 0.292. The first kappa shape index (κ1) is 26.6. The molecule has 13 heteroatoms. The number of alkyl halides is 4. The number of rotatable bonds is 7. The highest BCUT2D eigenvalue weighted by Gasteiger charge is 2.53. The molecular weight excluding hydrogens is 516 g/mol. The second-order valence-corrected chi connectivity index (χ2v) is 10.4. The molecule has 2 heterocycles. The molecule has 8 nitrogen and oxygen atoms in total. The van der Waals surface area contributed by atoms with E-state index in [1.54, 1.807) is 30.3 Å². The summed E-state index contributed by atoms with van der Waals surface area (Å²) in [7, 11) is -5.40. The van der Waals surface area contributed by atoms with Crippen LogP contribution >= 0.6 is 0 Å². The lowest BCUT2D eigenvalue weighted by molar-refractivity contribution is -0.821. The number of hydrogen-bond donors (Lipinski definition) is 3. The predicted molar refractivity (Wildman–Crippen MR) is 125 cm³/mol. The molecule has 0 aliphatic carbocycles. The van der Waals surface area contributed by atoms with E-state index in [0.717, 1.165) is 18.2 Å². The van der Waals surface area contributed by atoms with E-state index in [9.17, 15) is 22.3 Å². The fourth-order valence-electron chi connectivity index (χ4n) is 4.06. The number of para-hydroxylation sites is 1. The van der Waals surface area contributed by atoms with Crippen molar-refractivity contribution >= 4 is 21.6 Å². The molecule has 3 N–H and O–H groups in total. The molecule has 2 aliphatic heterocycles. The van der Waals surface area contributed by atoms with Crippen molar-refractivity contribution in [2.45, 2.75) is 29.4 Å². The summed E-state index contributed by atoms with van der Waals surface area (Å²) in [6, 6.07) is 11.0. The van der Waals surface area contributed by atoms with Gasteiger partial charge in [-0.1, -0.05) is 18.2 Å². The van der Waals surface area contributed by atoms with E-state index in [2.05, 4.69) is 15.7 Å². The van der Waals surface area contributed by atoms with E-state index in [1.807, 2.05) is 0 Å². The maximum Gasteiger partial charge on any atom is 0.352 e. The van der Waals surface area contributed by atoms with Gasteiger partial charge in [0.05, 0.1) is 11.1 Å². The molecule has 0 amide bonds. The summed E-state index contributed by atoms with van der Waals surface area (Å²) in [6.45, 7) is 0.430. The lowest BCUT2D eigenvalue weighted by Gasteiger charge is -2.30. The number of benzene rings is 2. The van der Waals surface area contributed by atoms with Crippen LogP contribution in [0.4, 0.5) is 23.2 Å². The van der Waals surface area contributed by atoms with Crippen LogP contribution in [0, 0.1) is 5.92 Å². The Hall–Kier alpha value is -3.42. The quantitative estimate of drug-likeness (QED) is 0.282. The number of aliphatic imine (C=N–C) groups is 1. The second kappa shape index (κ2) is 10.9. The van der Waals surface area contributed by atoms with Gasteiger partial charge in [0.1, 0.15) is 11.9 Å². The van der Waals surface area contributed by atoms with E-state index in [-0.39, 0.29) is 48.1 Å². The van der Waals surface area contributed by atoms with Crippen LogP contribution in [-0.4, -0.2) is 32.8 Å². The summed E-state index contributed by atoms with van der Waals surface area (Å²) in [5.74, 6) is -1.20. The summed E-state index contributed by atoms with van der Waals surface area (Å²) in [5, 5.41) is 11.0. The van der Waals surface area contributed by atoms with Crippen LogP contribution in [0.2, 0.25) is 0 Å². The Labute approximate surface area is 210 Å². The lowest BCUT2D eigenvalue weighted by Crippen LogP contribution is -3.09. The third-order valence-electron chi connectivity index (χ3n) is 5.97. The molecule has 2 aromatic rings. The fourth-order valence-corrected chi connectivity index (χ4v) is 5.74. The van der Waals surface area contributed by atoms with E-state index in [4.69, 9.17) is 4.74 Å². The van der Waals surface area contributed by atoms with Crippen LogP contribution in [-0.2, 0) is 9.84 Å². The molecule has 198 valence electrons.